The van der Waals surface area contributed by atoms with E-state index in [0.29, 0.717) is 5.82 Å². The lowest BCUT2D eigenvalue weighted by atomic mass is 10.1. The van der Waals surface area contributed by atoms with Crippen molar-refractivity contribution in [1.29, 1.82) is 0 Å². The van der Waals surface area contributed by atoms with Crippen LogP contribution in [0.2, 0.25) is 0 Å². The zero-order valence-electron chi connectivity index (χ0n) is 7.56. The van der Waals surface area contributed by atoms with E-state index in [-0.39, 0.29) is 12.2 Å². The molecule has 1 atom stereocenters. The van der Waals surface area contributed by atoms with Gasteiger partial charge in [-0.25, -0.2) is 4.79 Å². The number of nitrogens with one attached hydrogen (secondary N) is 3. The van der Waals surface area contributed by atoms with Crippen LogP contribution >= 0.6 is 0 Å². The van der Waals surface area contributed by atoms with Gasteiger partial charge in [0.05, 0.1) is 0 Å². The molecule has 13 heavy (non-hydrogen) atoms. The van der Waals surface area contributed by atoms with Crippen LogP contribution in [0.15, 0.2) is 22.7 Å². The van der Waals surface area contributed by atoms with E-state index < -0.39 is 0 Å². The molecule has 0 spiro atoms. The van der Waals surface area contributed by atoms with Crippen LogP contribution < -0.4 is 21.7 Å². The second kappa shape index (κ2) is 2.42. The van der Waals surface area contributed by atoms with Crippen molar-refractivity contribution < 1.29 is 4.79 Å². The number of hydrogen-bond donors (Lipinski definition) is 4. The van der Waals surface area contributed by atoms with Gasteiger partial charge in [0, 0.05) is 11.3 Å². The molecule has 0 bridgehead atoms. The van der Waals surface area contributed by atoms with Gasteiger partial charge in [-0.1, -0.05) is 0 Å². The molecule has 0 fully saturated rings. The molecule has 70 valence electrons. The minimum absolute atomic E-state index is 0.159. The summed E-state index contributed by atoms with van der Waals surface area (Å²) in [7, 11) is 0. The van der Waals surface area contributed by atoms with Gasteiger partial charge in [-0.05, 0) is 19.4 Å². The molecule has 2 heterocycles. The van der Waals surface area contributed by atoms with Crippen molar-refractivity contribution in [3.05, 3.63) is 22.7 Å². The Morgan fingerprint density at radius 1 is 1.31 bits per heavy atom. The van der Waals surface area contributed by atoms with Crippen molar-refractivity contribution in [2.45, 2.75) is 20.0 Å². The first kappa shape index (κ1) is 7.97. The summed E-state index contributed by atoms with van der Waals surface area (Å²) in [5, 5.41) is 8.40. The van der Waals surface area contributed by atoms with Crippen LogP contribution in [0.5, 0.6) is 0 Å². The van der Waals surface area contributed by atoms with Crippen LogP contribution in [-0.2, 0) is 0 Å². The SMILES string of the molecule is CC1=C(C)C2=C(N)NC(=O)NC2N1. The van der Waals surface area contributed by atoms with E-state index in [4.69, 9.17) is 5.73 Å². The first-order valence-electron chi connectivity index (χ1n) is 4.11. The van der Waals surface area contributed by atoms with Crippen molar-refractivity contribution in [2.75, 3.05) is 0 Å². The van der Waals surface area contributed by atoms with Crippen molar-refractivity contribution in [3.8, 4) is 0 Å². The van der Waals surface area contributed by atoms with Gasteiger partial charge in [0.1, 0.15) is 12.0 Å². The molecular weight excluding hydrogens is 168 g/mol. The van der Waals surface area contributed by atoms with E-state index in [1.54, 1.807) is 0 Å². The number of rotatable bonds is 0. The van der Waals surface area contributed by atoms with Crippen molar-refractivity contribution in [3.63, 3.8) is 0 Å². The van der Waals surface area contributed by atoms with Gasteiger partial charge >= 0.3 is 6.03 Å². The van der Waals surface area contributed by atoms with Crippen molar-refractivity contribution in [2.24, 2.45) is 5.73 Å². The van der Waals surface area contributed by atoms with Crippen LogP contribution in [0.25, 0.3) is 0 Å². The van der Waals surface area contributed by atoms with Gasteiger partial charge in [0.2, 0.25) is 0 Å². The van der Waals surface area contributed by atoms with Crippen molar-refractivity contribution in [1.82, 2.24) is 16.0 Å². The van der Waals surface area contributed by atoms with E-state index in [2.05, 4.69) is 16.0 Å². The second-order valence-electron chi connectivity index (χ2n) is 3.25. The third-order valence-electron chi connectivity index (χ3n) is 2.43. The fourth-order valence-electron chi connectivity index (χ4n) is 1.64. The van der Waals surface area contributed by atoms with Crippen LogP contribution in [0.1, 0.15) is 13.8 Å². The van der Waals surface area contributed by atoms with Crippen LogP contribution in [0, 0.1) is 0 Å². The summed E-state index contributed by atoms with van der Waals surface area (Å²) in [6, 6.07) is -0.263. The smallest absolute Gasteiger partial charge is 0.322 e. The van der Waals surface area contributed by atoms with Crippen LogP contribution in [-0.4, -0.2) is 12.2 Å². The molecule has 0 aliphatic carbocycles. The molecule has 1 unspecified atom stereocenters. The Bertz CT molecular complexity index is 342. The minimum Gasteiger partial charge on any atom is -0.385 e. The van der Waals surface area contributed by atoms with Gasteiger partial charge in [-0.15, -0.1) is 0 Å². The summed E-state index contributed by atoms with van der Waals surface area (Å²) >= 11 is 0. The topological polar surface area (TPSA) is 79.2 Å². The van der Waals surface area contributed by atoms with E-state index in [9.17, 15) is 4.79 Å². The summed E-state index contributed by atoms with van der Waals surface area (Å²) < 4.78 is 0. The summed E-state index contributed by atoms with van der Waals surface area (Å²) in [6.45, 7) is 3.93. The van der Waals surface area contributed by atoms with Gasteiger partial charge in [0.15, 0.2) is 0 Å². The Morgan fingerprint density at radius 3 is 2.69 bits per heavy atom. The lowest BCUT2D eigenvalue weighted by molar-refractivity contribution is 0.237. The molecule has 5 nitrogen and oxygen atoms in total. The molecule has 0 saturated carbocycles. The summed E-state index contributed by atoms with van der Waals surface area (Å²) in [6.07, 6.45) is -0.159. The maximum atomic E-state index is 11.0. The first-order valence-corrected chi connectivity index (χ1v) is 4.11. The standard InChI is InChI=1S/C8H12N4O/c1-3-4(2)10-7-5(3)6(9)11-8(13)12-7/h7,10H,9H2,1-2H3,(H2,11,12,13). The summed E-state index contributed by atoms with van der Waals surface area (Å²) in [4.78, 5) is 11.0. The quantitative estimate of drug-likeness (QED) is 0.413. The lowest BCUT2D eigenvalue weighted by Gasteiger charge is -2.24. The zero-order valence-corrected chi connectivity index (χ0v) is 7.56. The van der Waals surface area contributed by atoms with Crippen LogP contribution in [0.4, 0.5) is 4.79 Å². The number of allylic oxidation sites excluding steroid dienone is 1. The van der Waals surface area contributed by atoms with Gasteiger partial charge in [-0.2, -0.15) is 0 Å². The highest BCUT2D eigenvalue weighted by molar-refractivity contribution is 5.79. The van der Waals surface area contributed by atoms with E-state index in [0.717, 1.165) is 16.8 Å². The second-order valence-corrected chi connectivity index (χ2v) is 3.25. The number of amides is 2. The third kappa shape index (κ3) is 1.04. The maximum Gasteiger partial charge on any atom is 0.322 e. The predicted molar refractivity (Wildman–Crippen MR) is 48.2 cm³/mol. The molecule has 2 aliphatic rings. The van der Waals surface area contributed by atoms with E-state index in [1.165, 1.54) is 0 Å². The molecule has 2 aliphatic heterocycles. The highest BCUT2D eigenvalue weighted by Gasteiger charge is 2.31. The molecule has 5 heteroatoms. The zero-order chi connectivity index (χ0) is 9.59. The number of fused-ring (bicyclic) bond motifs is 1. The molecule has 0 saturated heterocycles. The first-order chi connectivity index (χ1) is 6.09. The highest BCUT2D eigenvalue weighted by Crippen LogP contribution is 2.25. The largest absolute Gasteiger partial charge is 0.385 e. The van der Waals surface area contributed by atoms with Crippen molar-refractivity contribution >= 4 is 6.03 Å². The molecule has 0 aromatic heterocycles. The maximum absolute atomic E-state index is 11.0. The molecule has 0 radical (unpaired) electrons. The Balaban J connectivity index is 2.44. The number of carbonyl (C=O) groups excluding carboxylic acids is 1. The number of urea groups is 1. The fraction of sp³-hybridized carbons (Fsp3) is 0.375. The minimum atomic E-state index is -0.263. The Morgan fingerprint density at radius 2 is 2.00 bits per heavy atom. The average molecular weight is 180 g/mol. The summed E-state index contributed by atoms with van der Waals surface area (Å²) in [5.41, 5.74) is 8.78. The van der Waals surface area contributed by atoms with Crippen LogP contribution in [0.3, 0.4) is 0 Å². The summed E-state index contributed by atoms with van der Waals surface area (Å²) in [5.74, 6) is 0.440. The van der Waals surface area contributed by atoms with Gasteiger partial charge < -0.3 is 16.4 Å². The molecule has 0 aromatic rings. The lowest BCUT2D eigenvalue weighted by Crippen LogP contribution is -2.53. The molecule has 0 aromatic carbocycles. The highest BCUT2D eigenvalue weighted by atomic mass is 16.2. The van der Waals surface area contributed by atoms with E-state index in [1.807, 2.05) is 13.8 Å². The average Bonchev–Trinajstić information content (AvgIpc) is 2.27. The van der Waals surface area contributed by atoms with Gasteiger partial charge in [0.25, 0.3) is 0 Å². The molecule has 5 N–H and O–H groups in total. The Kier molecular flexibility index (Phi) is 1.48. The van der Waals surface area contributed by atoms with Gasteiger partial charge in [-0.3, -0.25) is 5.32 Å². The molecule has 2 amide bonds. The number of hydrogen-bond acceptors (Lipinski definition) is 3. The number of nitrogens with two attached hydrogens (primary N) is 1. The predicted octanol–water partition coefficient (Wildman–Crippen LogP) is -0.307. The fourth-order valence-corrected chi connectivity index (χ4v) is 1.64. The van der Waals surface area contributed by atoms with E-state index >= 15 is 0 Å². The molecule has 2 rings (SSSR count). The Labute approximate surface area is 76.1 Å². The normalized spacial score (nSPS) is 26.6. The number of carbonyl (C=O) groups is 1. The monoisotopic (exact) mass is 180 g/mol. The molecular formula is C8H12N4O. The Hall–Kier alpha value is -1.65. The third-order valence-corrected chi connectivity index (χ3v) is 2.43.